The standard InChI is InChI=1S/C20H33ClN4O2.HI/c1-15-13-25(14-16(2)27-15)11-5-9-23-20(22-3)24-10-8-17-6-7-18(26-4)12-19(17)21;/h6-7,12,15-16H,5,8-11,13-14H2,1-4H3,(H2,22,23,24);1H. The maximum Gasteiger partial charge on any atom is 0.190 e. The molecule has 0 bridgehead atoms. The molecule has 0 radical (unpaired) electrons. The molecule has 1 heterocycles. The normalized spacial score (nSPS) is 20.4. The van der Waals surface area contributed by atoms with Gasteiger partial charge in [0.1, 0.15) is 5.75 Å². The third-order valence-corrected chi connectivity index (χ3v) is 4.96. The maximum atomic E-state index is 6.29. The lowest BCUT2D eigenvalue weighted by molar-refractivity contribution is -0.0679. The molecule has 0 aromatic heterocycles. The van der Waals surface area contributed by atoms with Crippen LogP contribution in [0.1, 0.15) is 25.8 Å². The van der Waals surface area contributed by atoms with Gasteiger partial charge in [-0.2, -0.15) is 0 Å². The topological polar surface area (TPSA) is 58.1 Å². The molecule has 0 saturated carbocycles. The van der Waals surface area contributed by atoms with Crippen molar-refractivity contribution in [3.05, 3.63) is 28.8 Å². The molecule has 0 spiro atoms. The number of ether oxygens (including phenoxy) is 2. The smallest absolute Gasteiger partial charge is 0.190 e. The molecule has 28 heavy (non-hydrogen) atoms. The lowest BCUT2D eigenvalue weighted by Gasteiger charge is -2.35. The minimum absolute atomic E-state index is 0. The number of hydrogen-bond donors (Lipinski definition) is 2. The molecule has 1 saturated heterocycles. The highest BCUT2D eigenvalue weighted by Gasteiger charge is 2.21. The van der Waals surface area contributed by atoms with Crippen LogP contribution in [-0.4, -0.2) is 69.9 Å². The van der Waals surface area contributed by atoms with E-state index in [1.54, 1.807) is 14.2 Å². The molecule has 2 rings (SSSR count). The van der Waals surface area contributed by atoms with Crippen molar-refractivity contribution in [1.29, 1.82) is 0 Å². The number of nitrogens with zero attached hydrogens (tertiary/aromatic N) is 2. The van der Waals surface area contributed by atoms with Crippen LogP contribution in [0.4, 0.5) is 0 Å². The van der Waals surface area contributed by atoms with Gasteiger partial charge in [-0.1, -0.05) is 17.7 Å². The van der Waals surface area contributed by atoms with E-state index in [4.69, 9.17) is 21.1 Å². The minimum Gasteiger partial charge on any atom is -0.497 e. The predicted molar refractivity (Wildman–Crippen MR) is 128 cm³/mol. The average Bonchev–Trinajstić information content (AvgIpc) is 2.64. The van der Waals surface area contributed by atoms with Crippen LogP contribution in [0.15, 0.2) is 23.2 Å². The first-order valence-electron chi connectivity index (χ1n) is 9.66. The van der Waals surface area contributed by atoms with Gasteiger partial charge in [-0.05, 0) is 44.4 Å². The first-order chi connectivity index (χ1) is 13.0. The van der Waals surface area contributed by atoms with Crippen molar-refractivity contribution in [1.82, 2.24) is 15.5 Å². The first kappa shape index (κ1) is 25.3. The molecule has 2 N–H and O–H groups in total. The molecule has 6 nitrogen and oxygen atoms in total. The number of halogens is 2. The largest absolute Gasteiger partial charge is 0.497 e. The molecule has 1 aliphatic rings. The Bertz CT molecular complexity index is 608. The van der Waals surface area contributed by atoms with Crippen LogP contribution >= 0.6 is 35.6 Å². The zero-order chi connectivity index (χ0) is 19.6. The molecule has 160 valence electrons. The Labute approximate surface area is 191 Å². The van der Waals surface area contributed by atoms with Crippen molar-refractivity contribution in [3.63, 3.8) is 0 Å². The van der Waals surface area contributed by atoms with Gasteiger partial charge in [0.2, 0.25) is 0 Å². The van der Waals surface area contributed by atoms with Gasteiger partial charge in [0.05, 0.1) is 19.3 Å². The summed E-state index contributed by atoms with van der Waals surface area (Å²) >= 11 is 6.29. The summed E-state index contributed by atoms with van der Waals surface area (Å²) in [5.41, 5.74) is 1.09. The molecule has 1 aromatic rings. The third kappa shape index (κ3) is 8.71. The quantitative estimate of drug-likeness (QED) is 0.237. The molecular formula is C20H34ClIN4O2. The third-order valence-electron chi connectivity index (χ3n) is 4.61. The van der Waals surface area contributed by atoms with Gasteiger partial charge in [-0.25, -0.2) is 0 Å². The van der Waals surface area contributed by atoms with E-state index >= 15 is 0 Å². The van der Waals surface area contributed by atoms with Crippen LogP contribution in [0.2, 0.25) is 5.02 Å². The number of benzene rings is 1. The predicted octanol–water partition coefficient (Wildman–Crippen LogP) is 3.17. The van der Waals surface area contributed by atoms with Crippen LogP contribution < -0.4 is 15.4 Å². The molecule has 8 heteroatoms. The summed E-state index contributed by atoms with van der Waals surface area (Å²) in [7, 11) is 3.43. The summed E-state index contributed by atoms with van der Waals surface area (Å²) in [4.78, 5) is 6.76. The molecule has 2 unspecified atom stereocenters. The van der Waals surface area contributed by atoms with Crippen molar-refractivity contribution < 1.29 is 9.47 Å². The number of nitrogens with one attached hydrogen (secondary N) is 2. The zero-order valence-corrected chi connectivity index (χ0v) is 20.4. The summed E-state index contributed by atoms with van der Waals surface area (Å²) in [6.07, 6.45) is 2.54. The summed E-state index contributed by atoms with van der Waals surface area (Å²) in [5.74, 6) is 1.60. The molecule has 2 atom stereocenters. The van der Waals surface area contributed by atoms with Crippen molar-refractivity contribution in [2.45, 2.75) is 38.9 Å². The van der Waals surface area contributed by atoms with E-state index in [0.29, 0.717) is 12.2 Å². The lowest BCUT2D eigenvalue weighted by atomic mass is 10.1. The van der Waals surface area contributed by atoms with E-state index in [9.17, 15) is 0 Å². The summed E-state index contributed by atoms with van der Waals surface area (Å²) < 4.78 is 11.0. The van der Waals surface area contributed by atoms with Crippen LogP contribution in [0.5, 0.6) is 5.75 Å². The van der Waals surface area contributed by atoms with E-state index in [1.165, 1.54) is 0 Å². The van der Waals surface area contributed by atoms with Crippen LogP contribution in [0.25, 0.3) is 0 Å². The molecule has 0 amide bonds. The maximum absolute atomic E-state index is 6.29. The fourth-order valence-corrected chi connectivity index (χ4v) is 3.64. The monoisotopic (exact) mass is 524 g/mol. The van der Waals surface area contributed by atoms with Crippen LogP contribution in [-0.2, 0) is 11.2 Å². The van der Waals surface area contributed by atoms with E-state index in [-0.39, 0.29) is 24.0 Å². The molecule has 1 aliphatic heterocycles. The Morgan fingerprint density at radius 3 is 2.54 bits per heavy atom. The summed E-state index contributed by atoms with van der Waals surface area (Å²) in [6, 6.07) is 5.78. The van der Waals surface area contributed by atoms with Crippen LogP contribution in [0, 0.1) is 0 Å². The molecule has 1 fully saturated rings. The van der Waals surface area contributed by atoms with Gasteiger partial charge in [-0.3, -0.25) is 9.89 Å². The van der Waals surface area contributed by atoms with Gasteiger partial charge in [0.25, 0.3) is 0 Å². The van der Waals surface area contributed by atoms with Gasteiger partial charge < -0.3 is 20.1 Å². The Hall–Kier alpha value is -0.770. The number of guanidine groups is 1. The van der Waals surface area contributed by atoms with E-state index in [1.807, 2.05) is 18.2 Å². The minimum atomic E-state index is 0. The second-order valence-electron chi connectivity index (χ2n) is 7.00. The SMILES string of the molecule is CN=C(NCCCN1CC(C)OC(C)C1)NCCc1ccc(OC)cc1Cl.I. The summed E-state index contributed by atoms with van der Waals surface area (Å²) in [6.45, 7) is 9.04. The second kappa shape index (κ2) is 13.5. The second-order valence-corrected chi connectivity index (χ2v) is 7.41. The number of morpholine rings is 1. The van der Waals surface area contributed by atoms with Crippen molar-refractivity contribution >= 4 is 41.5 Å². The van der Waals surface area contributed by atoms with Gasteiger partial charge >= 0.3 is 0 Å². The lowest BCUT2D eigenvalue weighted by Crippen LogP contribution is -2.46. The highest BCUT2D eigenvalue weighted by atomic mass is 127. The van der Waals surface area contributed by atoms with Crippen molar-refractivity contribution in [2.24, 2.45) is 4.99 Å². The highest BCUT2D eigenvalue weighted by Crippen LogP contribution is 2.22. The van der Waals surface area contributed by atoms with E-state index in [2.05, 4.69) is 34.4 Å². The Kier molecular flexibility index (Phi) is 12.1. The Morgan fingerprint density at radius 1 is 1.25 bits per heavy atom. The number of hydrogen-bond acceptors (Lipinski definition) is 4. The molecule has 1 aromatic carbocycles. The van der Waals surface area contributed by atoms with E-state index < -0.39 is 0 Å². The summed E-state index contributed by atoms with van der Waals surface area (Å²) in [5, 5.41) is 7.45. The van der Waals surface area contributed by atoms with Gasteiger partial charge in [-0.15, -0.1) is 24.0 Å². The van der Waals surface area contributed by atoms with Crippen LogP contribution in [0.3, 0.4) is 0 Å². The van der Waals surface area contributed by atoms with Gasteiger partial charge in [0.15, 0.2) is 5.96 Å². The Balaban J connectivity index is 0.00000392. The molecule has 0 aliphatic carbocycles. The fraction of sp³-hybridized carbons (Fsp3) is 0.650. The van der Waals surface area contributed by atoms with E-state index in [0.717, 1.165) is 67.9 Å². The molecular weight excluding hydrogens is 491 g/mol. The first-order valence-corrected chi connectivity index (χ1v) is 10.0. The highest BCUT2D eigenvalue weighted by molar-refractivity contribution is 14.0. The number of aliphatic imine (C=N–C) groups is 1. The fourth-order valence-electron chi connectivity index (χ4n) is 3.37. The number of methoxy groups -OCH3 is 1. The number of rotatable bonds is 8. The van der Waals surface area contributed by atoms with Gasteiger partial charge in [0, 0.05) is 44.8 Å². The van der Waals surface area contributed by atoms with Crippen molar-refractivity contribution in [2.75, 3.05) is 46.9 Å². The van der Waals surface area contributed by atoms with Crippen molar-refractivity contribution in [3.8, 4) is 5.75 Å². The Morgan fingerprint density at radius 2 is 1.93 bits per heavy atom. The average molecular weight is 525 g/mol. The zero-order valence-electron chi connectivity index (χ0n) is 17.3.